The fourth-order valence-electron chi connectivity index (χ4n) is 0.139. The van der Waals surface area contributed by atoms with Gasteiger partial charge in [-0.25, -0.2) is 0 Å². The molecule has 0 saturated heterocycles. The lowest BCUT2D eigenvalue weighted by atomic mass is 10.2. The third-order valence-corrected chi connectivity index (χ3v) is 2.86. The molecule has 0 aliphatic rings. The molecule has 1 N–H and O–H groups in total. The molecule has 0 bridgehead atoms. The van der Waals surface area contributed by atoms with E-state index in [4.69, 9.17) is 5.11 Å². The topological polar surface area (TPSA) is 20.2 Å². The van der Waals surface area contributed by atoms with E-state index in [0.717, 1.165) is 9.76 Å². The second kappa shape index (κ2) is 5.31. The van der Waals surface area contributed by atoms with Crippen molar-refractivity contribution in [3.05, 3.63) is 0 Å². The van der Waals surface area contributed by atoms with Gasteiger partial charge in [0.1, 0.15) is 0 Å². The predicted molar refractivity (Wildman–Crippen MR) is 43.3 cm³/mol. The van der Waals surface area contributed by atoms with E-state index >= 15 is 0 Å². The molecule has 1 unspecified atom stereocenters. The molecular weight excluding hydrogens is 271 g/mol. The van der Waals surface area contributed by atoms with E-state index in [2.05, 4.69) is 38.5 Å². The van der Waals surface area contributed by atoms with Gasteiger partial charge in [0.2, 0.25) is 0 Å². The van der Waals surface area contributed by atoms with Gasteiger partial charge in [0.25, 0.3) is 0 Å². The number of hydrogen-bond donors (Lipinski definition) is 1. The van der Waals surface area contributed by atoms with Crippen molar-refractivity contribution in [2.75, 3.05) is 16.4 Å². The Bertz CT molecular complexity index is 33.2. The highest BCUT2D eigenvalue weighted by Crippen LogP contribution is 2.03. The van der Waals surface area contributed by atoms with E-state index in [9.17, 15) is 0 Å². The molecule has 1 atom stereocenters. The van der Waals surface area contributed by atoms with Gasteiger partial charge < -0.3 is 5.11 Å². The minimum atomic E-state index is 0.300. The summed E-state index contributed by atoms with van der Waals surface area (Å²) in [5.74, 6) is 0.445. The van der Waals surface area contributed by atoms with Crippen molar-refractivity contribution in [2.24, 2.45) is 5.92 Å². The Hall–Kier alpha value is 1.17. The van der Waals surface area contributed by atoms with E-state index < -0.39 is 0 Å². The Morgan fingerprint density at radius 1 is 1.71 bits per heavy atom. The van der Waals surface area contributed by atoms with E-state index in [1.165, 1.54) is 0 Å². The number of alkyl halides is 2. The molecule has 0 saturated carbocycles. The van der Waals surface area contributed by atoms with Crippen molar-refractivity contribution < 1.29 is 5.11 Å². The normalized spacial score (nSPS) is 14.1. The summed E-state index contributed by atoms with van der Waals surface area (Å²) in [5.41, 5.74) is 0. The van der Waals surface area contributed by atoms with Crippen LogP contribution in [-0.2, 0) is 0 Å². The Balaban J connectivity index is 2.99. The van der Waals surface area contributed by atoms with E-state index in [0.29, 0.717) is 12.5 Å². The SMILES string of the molecule is OCC(CBr)CI. The van der Waals surface area contributed by atoms with Crippen LogP contribution in [-0.4, -0.2) is 21.5 Å². The van der Waals surface area contributed by atoms with E-state index in [-0.39, 0.29) is 0 Å². The molecule has 0 aromatic heterocycles. The van der Waals surface area contributed by atoms with Gasteiger partial charge in [-0.15, -0.1) is 0 Å². The first-order chi connectivity index (χ1) is 3.35. The maximum absolute atomic E-state index is 8.49. The second-order valence-electron chi connectivity index (χ2n) is 1.36. The summed E-state index contributed by atoms with van der Waals surface area (Å²) in [6, 6.07) is 0. The fraction of sp³-hybridized carbons (Fsp3) is 1.00. The number of hydrogen-bond acceptors (Lipinski definition) is 1. The van der Waals surface area contributed by atoms with Crippen molar-refractivity contribution in [2.45, 2.75) is 0 Å². The monoisotopic (exact) mass is 278 g/mol. The van der Waals surface area contributed by atoms with Gasteiger partial charge in [-0.3, -0.25) is 0 Å². The minimum absolute atomic E-state index is 0.300. The fourth-order valence-corrected chi connectivity index (χ4v) is 2.02. The molecule has 0 amide bonds. The van der Waals surface area contributed by atoms with Crippen LogP contribution < -0.4 is 0 Å². The maximum Gasteiger partial charge on any atom is 0.0474 e. The van der Waals surface area contributed by atoms with Gasteiger partial charge in [0.15, 0.2) is 0 Å². The van der Waals surface area contributed by atoms with Crippen LogP contribution in [0.1, 0.15) is 0 Å². The molecule has 0 fully saturated rings. The van der Waals surface area contributed by atoms with Crippen LogP contribution in [0.4, 0.5) is 0 Å². The van der Waals surface area contributed by atoms with E-state index in [1.807, 2.05) is 0 Å². The first kappa shape index (κ1) is 8.17. The van der Waals surface area contributed by atoms with Crippen LogP contribution in [0.5, 0.6) is 0 Å². The van der Waals surface area contributed by atoms with Crippen molar-refractivity contribution in [3.63, 3.8) is 0 Å². The quantitative estimate of drug-likeness (QED) is 0.612. The Labute approximate surface area is 65.8 Å². The van der Waals surface area contributed by atoms with Crippen LogP contribution in [0.2, 0.25) is 0 Å². The molecule has 0 radical (unpaired) electrons. The average Bonchev–Trinajstić information content (AvgIpc) is 1.72. The number of rotatable bonds is 3. The highest BCUT2D eigenvalue weighted by molar-refractivity contribution is 14.1. The molecule has 0 aromatic carbocycles. The van der Waals surface area contributed by atoms with Crippen LogP contribution in [0, 0.1) is 5.92 Å². The van der Waals surface area contributed by atoms with Crippen molar-refractivity contribution in [1.29, 1.82) is 0 Å². The van der Waals surface area contributed by atoms with Crippen molar-refractivity contribution in [3.8, 4) is 0 Å². The lowest BCUT2D eigenvalue weighted by molar-refractivity contribution is 0.255. The lowest BCUT2D eigenvalue weighted by Gasteiger charge is -2.02. The van der Waals surface area contributed by atoms with Gasteiger partial charge in [0.05, 0.1) is 0 Å². The van der Waals surface area contributed by atoms with Crippen LogP contribution in [0.3, 0.4) is 0 Å². The number of aliphatic hydroxyl groups is 1. The molecule has 1 nitrogen and oxygen atoms in total. The summed E-state index contributed by atoms with van der Waals surface area (Å²) in [6.07, 6.45) is 0. The smallest absolute Gasteiger partial charge is 0.0474 e. The van der Waals surface area contributed by atoms with E-state index in [1.54, 1.807) is 0 Å². The van der Waals surface area contributed by atoms with Crippen molar-refractivity contribution in [1.82, 2.24) is 0 Å². The van der Waals surface area contributed by atoms with Crippen LogP contribution >= 0.6 is 38.5 Å². The highest BCUT2D eigenvalue weighted by Gasteiger charge is 1.99. The zero-order valence-corrected chi connectivity index (χ0v) is 7.65. The molecule has 0 aromatic rings. The summed E-state index contributed by atoms with van der Waals surface area (Å²) >= 11 is 5.53. The van der Waals surface area contributed by atoms with Gasteiger partial charge in [-0.1, -0.05) is 38.5 Å². The summed E-state index contributed by atoms with van der Waals surface area (Å²) < 4.78 is 1.03. The van der Waals surface area contributed by atoms with Crippen LogP contribution in [0.25, 0.3) is 0 Å². The largest absolute Gasteiger partial charge is 0.396 e. The molecule has 0 rings (SSSR count). The first-order valence-corrected chi connectivity index (χ1v) is 4.72. The minimum Gasteiger partial charge on any atom is -0.396 e. The molecule has 0 aliphatic heterocycles. The first-order valence-electron chi connectivity index (χ1n) is 2.08. The average molecular weight is 279 g/mol. The summed E-state index contributed by atoms with van der Waals surface area (Å²) in [7, 11) is 0. The Morgan fingerprint density at radius 3 is 2.29 bits per heavy atom. The van der Waals surface area contributed by atoms with Gasteiger partial charge in [0, 0.05) is 22.3 Å². The second-order valence-corrected chi connectivity index (χ2v) is 2.89. The third-order valence-electron chi connectivity index (χ3n) is 0.695. The molecule has 0 spiro atoms. The van der Waals surface area contributed by atoms with Gasteiger partial charge >= 0.3 is 0 Å². The summed E-state index contributed by atoms with van der Waals surface area (Å²) in [4.78, 5) is 0. The number of halogens is 2. The molecule has 44 valence electrons. The standard InChI is InChI=1S/C4H8BrIO/c5-1-4(2-6)3-7/h4,7H,1-3H2. The van der Waals surface area contributed by atoms with Gasteiger partial charge in [-0.05, 0) is 0 Å². The molecule has 0 aliphatic carbocycles. The molecule has 0 heterocycles. The molecule has 7 heavy (non-hydrogen) atoms. The van der Waals surface area contributed by atoms with Crippen LogP contribution in [0.15, 0.2) is 0 Å². The Kier molecular flexibility index (Phi) is 6.20. The molecular formula is C4H8BrIO. The maximum atomic E-state index is 8.49. The lowest BCUT2D eigenvalue weighted by Crippen LogP contribution is -2.07. The zero-order valence-electron chi connectivity index (χ0n) is 3.90. The number of aliphatic hydroxyl groups excluding tert-OH is 1. The van der Waals surface area contributed by atoms with Gasteiger partial charge in [-0.2, -0.15) is 0 Å². The predicted octanol–water partition coefficient (Wildman–Crippen LogP) is 1.42. The molecule has 3 heteroatoms. The highest BCUT2D eigenvalue weighted by atomic mass is 127. The third kappa shape index (κ3) is 3.73. The summed E-state index contributed by atoms with van der Waals surface area (Å²) in [5, 5.41) is 9.40. The zero-order chi connectivity index (χ0) is 5.70. The summed E-state index contributed by atoms with van der Waals surface area (Å²) in [6.45, 7) is 0.300. The Morgan fingerprint density at radius 2 is 2.29 bits per heavy atom. The van der Waals surface area contributed by atoms with Crippen molar-refractivity contribution >= 4 is 38.5 Å².